The molecule has 2 aromatic heterocycles. The SMILES string of the molecule is N#Cc1ccc(-n2c3ccc(-c4ccccc4)cc3c3c4oc5ccccc5c4ccc32)cc1C#N. The van der Waals surface area contributed by atoms with Gasteiger partial charge < -0.3 is 8.98 Å². The van der Waals surface area contributed by atoms with E-state index in [1.807, 2.05) is 42.5 Å². The van der Waals surface area contributed by atoms with Gasteiger partial charge in [-0.1, -0.05) is 54.6 Å². The van der Waals surface area contributed by atoms with E-state index in [2.05, 4.69) is 65.2 Å². The van der Waals surface area contributed by atoms with Crippen LogP contribution < -0.4 is 0 Å². The van der Waals surface area contributed by atoms with Gasteiger partial charge in [-0.2, -0.15) is 10.5 Å². The van der Waals surface area contributed by atoms with E-state index in [0.717, 1.165) is 60.6 Å². The van der Waals surface area contributed by atoms with Crippen LogP contribution in [0.15, 0.2) is 108 Å². The van der Waals surface area contributed by atoms with Crippen LogP contribution >= 0.6 is 0 Å². The Bertz CT molecular complexity index is 2060. The first-order valence-corrected chi connectivity index (χ1v) is 11.7. The number of para-hydroxylation sites is 1. The van der Waals surface area contributed by atoms with Gasteiger partial charge in [0.1, 0.15) is 23.3 Å². The van der Waals surface area contributed by atoms with E-state index in [4.69, 9.17) is 4.42 Å². The molecule has 0 atom stereocenters. The van der Waals surface area contributed by atoms with Gasteiger partial charge in [0.05, 0.1) is 27.5 Å². The fraction of sp³-hybridized carbons (Fsp3) is 0. The molecule has 7 aromatic rings. The van der Waals surface area contributed by atoms with Crippen molar-refractivity contribution in [2.75, 3.05) is 0 Å². The topological polar surface area (TPSA) is 65.7 Å². The third kappa shape index (κ3) is 2.79. The van der Waals surface area contributed by atoms with E-state index in [9.17, 15) is 10.5 Å². The zero-order valence-electron chi connectivity index (χ0n) is 19.1. The van der Waals surface area contributed by atoms with Gasteiger partial charge in [0.25, 0.3) is 0 Å². The molecule has 7 rings (SSSR count). The Morgan fingerprint density at radius 3 is 2.19 bits per heavy atom. The predicted octanol–water partition coefficient (Wildman–Crippen LogP) is 8.09. The molecule has 0 bridgehead atoms. The van der Waals surface area contributed by atoms with Crippen molar-refractivity contribution in [3.05, 3.63) is 114 Å². The largest absolute Gasteiger partial charge is 0.455 e. The summed E-state index contributed by atoms with van der Waals surface area (Å²) in [4.78, 5) is 0. The molecule has 0 saturated carbocycles. The molecule has 0 radical (unpaired) electrons. The minimum Gasteiger partial charge on any atom is -0.455 e. The second kappa shape index (κ2) is 7.60. The normalized spacial score (nSPS) is 11.3. The fourth-order valence-corrected chi connectivity index (χ4v) is 5.24. The molecule has 4 heteroatoms. The van der Waals surface area contributed by atoms with E-state index in [1.165, 1.54) is 0 Å². The molecule has 0 unspecified atom stereocenters. The summed E-state index contributed by atoms with van der Waals surface area (Å²) in [6, 6.07) is 38.8. The van der Waals surface area contributed by atoms with E-state index in [1.54, 1.807) is 12.1 Å². The first-order chi connectivity index (χ1) is 17.8. The lowest BCUT2D eigenvalue weighted by Crippen LogP contribution is -1.96. The lowest BCUT2D eigenvalue weighted by atomic mass is 10.0. The van der Waals surface area contributed by atoms with Crippen LogP contribution in [0, 0.1) is 22.7 Å². The maximum atomic E-state index is 9.66. The Balaban J connectivity index is 1.64. The van der Waals surface area contributed by atoms with Gasteiger partial charge >= 0.3 is 0 Å². The van der Waals surface area contributed by atoms with Crippen molar-refractivity contribution in [3.63, 3.8) is 0 Å². The average Bonchev–Trinajstić information content (AvgIpc) is 3.48. The van der Waals surface area contributed by atoms with Crippen LogP contribution in [-0.4, -0.2) is 4.57 Å². The summed E-state index contributed by atoms with van der Waals surface area (Å²) < 4.78 is 8.59. The van der Waals surface area contributed by atoms with Gasteiger partial charge in [-0.05, 0) is 59.7 Å². The summed E-state index contributed by atoms with van der Waals surface area (Å²) in [5.74, 6) is 0. The number of nitriles is 2. The first kappa shape index (κ1) is 20.1. The van der Waals surface area contributed by atoms with Crippen molar-refractivity contribution in [3.8, 4) is 29.0 Å². The Kier molecular flexibility index (Phi) is 4.24. The molecule has 0 saturated heterocycles. The number of furan rings is 1. The summed E-state index contributed by atoms with van der Waals surface area (Å²) in [7, 11) is 0. The quantitative estimate of drug-likeness (QED) is 0.262. The summed E-state index contributed by atoms with van der Waals surface area (Å²) >= 11 is 0. The predicted molar refractivity (Wildman–Crippen MR) is 143 cm³/mol. The van der Waals surface area contributed by atoms with E-state index < -0.39 is 0 Å². The highest BCUT2D eigenvalue weighted by atomic mass is 16.3. The van der Waals surface area contributed by atoms with Gasteiger partial charge in [-0.15, -0.1) is 0 Å². The van der Waals surface area contributed by atoms with Gasteiger partial charge in [0, 0.05) is 21.8 Å². The Morgan fingerprint density at radius 2 is 1.36 bits per heavy atom. The van der Waals surface area contributed by atoms with Crippen LogP contribution in [0.25, 0.3) is 60.6 Å². The third-order valence-corrected chi connectivity index (χ3v) is 6.88. The first-order valence-electron chi connectivity index (χ1n) is 11.7. The van der Waals surface area contributed by atoms with Gasteiger partial charge in [0.2, 0.25) is 0 Å². The van der Waals surface area contributed by atoms with Crippen molar-refractivity contribution < 1.29 is 4.42 Å². The summed E-state index contributed by atoms with van der Waals surface area (Å²) in [6.45, 7) is 0. The van der Waals surface area contributed by atoms with Crippen molar-refractivity contribution in [1.29, 1.82) is 10.5 Å². The van der Waals surface area contributed by atoms with Gasteiger partial charge in [-0.3, -0.25) is 0 Å². The lowest BCUT2D eigenvalue weighted by Gasteiger charge is -2.09. The maximum Gasteiger partial charge on any atom is 0.145 e. The van der Waals surface area contributed by atoms with E-state index in [-0.39, 0.29) is 0 Å². The third-order valence-electron chi connectivity index (χ3n) is 6.88. The highest BCUT2D eigenvalue weighted by molar-refractivity contribution is 6.24. The van der Waals surface area contributed by atoms with Crippen LogP contribution in [0.5, 0.6) is 0 Å². The highest BCUT2D eigenvalue weighted by Gasteiger charge is 2.19. The molecule has 2 heterocycles. The number of benzene rings is 5. The van der Waals surface area contributed by atoms with Crippen molar-refractivity contribution >= 4 is 43.7 Å². The number of hydrogen-bond acceptors (Lipinski definition) is 3. The lowest BCUT2D eigenvalue weighted by molar-refractivity contribution is 0.673. The molecule has 0 amide bonds. The maximum absolute atomic E-state index is 9.66. The molecule has 0 aliphatic carbocycles. The van der Waals surface area contributed by atoms with Crippen LogP contribution in [0.4, 0.5) is 0 Å². The van der Waals surface area contributed by atoms with Gasteiger partial charge in [0.15, 0.2) is 0 Å². The standard InChI is InChI=1S/C32H17N3O/c33-18-22-10-12-24(16-23(22)19-34)35-28-14-11-21(20-6-2-1-3-7-20)17-27(28)31-29(35)15-13-26-25-8-4-5-9-30(25)36-32(26)31/h1-17H. The molecular weight excluding hydrogens is 442 g/mol. The number of nitrogens with zero attached hydrogens (tertiary/aromatic N) is 3. The average molecular weight is 460 g/mol. The number of hydrogen-bond donors (Lipinski definition) is 0. The highest BCUT2D eigenvalue weighted by Crippen LogP contribution is 2.41. The van der Waals surface area contributed by atoms with Crippen LogP contribution in [0.3, 0.4) is 0 Å². The number of aromatic nitrogens is 1. The second-order valence-corrected chi connectivity index (χ2v) is 8.82. The molecule has 0 fully saturated rings. The molecule has 4 nitrogen and oxygen atoms in total. The van der Waals surface area contributed by atoms with Crippen LogP contribution in [0.1, 0.15) is 11.1 Å². The van der Waals surface area contributed by atoms with Crippen molar-refractivity contribution in [2.45, 2.75) is 0 Å². The Labute approximate surface area is 206 Å². The second-order valence-electron chi connectivity index (χ2n) is 8.82. The molecule has 0 spiro atoms. The van der Waals surface area contributed by atoms with Gasteiger partial charge in [-0.25, -0.2) is 0 Å². The minimum atomic E-state index is 0.357. The van der Waals surface area contributed by atoms with Crippen LogP contribution in [-0.2, 0) is 0 Å². The fourth-order valence-electron chi connectivity index (χ4n) is 5.24. The minimum absolute atomic E-state index is 0.357. The summed E-state index contributed by atoms with van der Waals surface area (Å²) in [6.07, 6.45) is 0. The molecule has 0 N–H and O–H groups in total. The summed E-state index contributed by atoms with van der Waals surface area (Å²) in [5.41, 5.74) is 7.50. The van der Waals surface area contributed by atoms with Crippen molar-refractivity contribution in [2.24, 2.45) is 0 Å². The Morgan fingerprint density at radius 1 is 0.583 bits per heavy atom. The zero-order chi connectivity index (χ0) is 24.2. The molecule has 166 valence electrons. The van der Waals surface area contributed by atoms with E-state index in [0.29, 0.717) is 11.1 Å². The smallest absolute Gasteiger partial charge is 0.145 e. The Hall–Kier alpha value is -5.32. The number of rotatable bonds is 2. The molecular formula is C32H17N3O. The summed E-state index contributed by atoms with van der Waals surface area (Å²) in [5, 5.41) is 23.3. The van der Waals surface area contributed by atoms with Crippen molar-refractivity contribution in [1.82, 2.24) is 4.57 Å². The van der Waals surface area contributed by atoms with Crippen LogP contribution in [0.2, 0.25) is 0 Å². The monoisotopic (exact) mass is 459 g/mol. The molecule has 36 heavy (non-hydrogen) atoms. The zero-order valence-corrected chi connectivity index (χ0v) is 19.1. The molecule has 0 aliphatic rings. The van der Waals surface area contributed by atoms with E-state index >= 15 is 0 Å². The number of fused-ring (bicyclic) bond motifs is 7. The molecule has 5 aromatic carbocycles. The molecule has 0 aliphatic heterocycles.